The lowest BCUT2D eigenvalue weighted by molar-refractivity contribution is 0.186. The second-order valence-electron chi connectivity index (χ2n) is 7.82. The van der Waals surface area contributed by atoms with Gasteiger partial charge in [0.15, 0.2) is 5.82 Å². The largest absolute Gasteiger partial charge is 0.486 e. The zero-order chi connectivity index (χ0) is 22.9. The van der Waals surface area contributed by atoms with E-state index in [4.69, 9.17) is 25.6 Å². The monoisotopic (exact) mass is 462 g/mol. The lowest BCUT2D eigenvalue weighted by atomic mass is 10.1. The van der Waals surface area contributed by atoms with Gasteiger partial charge in [0.1, 0.15) is 17.5 Å². The first-order valence-electron chi connectivity index (χ1n) is 10.7. The van der Waals surface area contributed by atoms with Crippen LogP contribution >= 0.6 is 11.6 Å². The maximum Gasteiger partial charge on any atom is 0.276 e. The lowest BCUT2D eigenvalue weighted by Gasteiger charge is -2.15. The minimum absolute atomic E-state index is 0.159. The van der Waals surface area contributed by atoms with Crippen LogP contribution in [0.2, 0.25) is 5.02 Å². The van der Waals surface area contributed by atoms with Gasteiger partial charge in [0.2, 0.25) is 0 Å². The van der Waals surface area contributed by atoms with E-state index in [1.165, 1.54) is 0 Å². The predicted octanol–water partition coefficient (Wildman–Crippen LogP) is 6.27. The van der Waals surface area contributed by atoms with E-state index in [1.54, 1.807) is 13.3 Å². The van der Waals surface area contributed by atoms with Crippen molar-refractivity contribution in [1.29, 1.82) is 0 Å². The fraction of sp³-hybridized carbons (Fsp3) is 0.240. The molecule has 5 aromatic rings. The van der Waals surface area contributed by atoms with E-state index in [9.17, 15) is 0 Å². The fourth-order valence-corrected chi connectivity index (χ4v) is 4.21. The van der Waals surface area contributed by atoms with Crippen molar-refractivity contribution in [3.05, 3.63) is 70.6 Å². The van der Waals surface area contributed by atoms with Gasteiger partial charge in [0.05, 0.1) is 18.3 Å². The average Bonchev–Trinajstić information content (AvgIpc) is 3.44. The van der Waals surface area contributed by atoms with E-state index in [1.807, 2.05) is 56.3 Å². The van der Waals surface area contributed by atoms with Crippen LogP contribution in [0.4, 0.5) is 0 Å². The number of nitrogens with one attached hydrogen (secondary N) is 1. The van der Waals surface area contributed by atoms with Crippen LogP contribution in [-0.2, 0) is 17.8 Å². The highest BCUT2D eigenvalue weighted by molar-refractivity contribution is 6.30. The molecule has 1 N–H and O–H groups in total. The number of rotatable bonds is 7. The molecule has 0 bridgehead atoms. The molecule has 0 fully saturated rings. The predicted molar refractivity (Wildman–Crippen MR) is 127 cm³/mol. The van der Waals surface area contributed by atoms with E-state index in [2.05, 4.69) is 20.1 Å². The number of methoxy groups -OCH3 is 1. The summed E-state index contributed by atoms with van der Waals surface area (Å²) in [6.07, 6.45) is 2.31. The summed E-state index contributed by atoms with van der Waals surface area (Å²) >= 11 is 6.15. The second kappa shape index (κ2) is 8.84. The molecular weight excluding hydrogens is 440 g/mol. The Labute approximate surface area is 195 Å². The van der Waals surface area contributed by atoms with Gasteiger partial charge in [0, 0.05) is 40.4 Å². The molecule has 0 saturated carbocycles. The number of nitrogens with zero attached hydrogens (tertiary/aromatic N) is 3. The average molecular weight is 463 g/mol. The maximum atomic E-state index is 6.25. The van der Waals surface area contributed by atoms with Gasteiger partial charge in [-0.25, -0.2) is 4.98 Å². The molecule has 5 rings (SSSR count). The molecule has 7 nitrogen and oxygen atoms in total. The molecule has 1 atom stereocenters. The molecule has 0 aliphatic heterocycles. The number of pyridine rings is 1. The Morgan fingerprint density at radius 1 is 1.15 bits per heavy atom. The molecule has 0 radical (unpaired) electrons. The van der Waals surface area contributed by atoms with E-state index < -0.39 is 0 Å². The molecule has 8 heteroatoms. The lowest BCUT2D eigenvalue weighted by Crippen LogP contribution is -2.02. The van der Waals surface area contributed by atoms with Gasteiger partial charge >= 0.3 is 0 Å². The Morgan fingerprint density at radius 3 is 2.79 bits per heavy atom. The third-order valence-electron chi connectivity index (χ3n) is 5.62. The SMILES string of the molecule is CCc1noc(-c2ncc3[nH]c4ccc(OC(C)c5cccc(Cl)c5)cc4c3c2COC)n1. The van der Waals surface area contributed by atoms with Crippen molar-refractivity contribution in [2.24, 2.45) is 0 Å². The first kappa shape index (κ1) is 21.4. The summed E-state index contributed by atoms with van der Waals surface area (Å²) in [5.41, 5.74) is 4.39. The number of aryl methyl sites for hydroxylation is 1. The summed E-state index contributed by atoms with van der Waals surface area (Å²) in [5, 5.41) is 6.71. The molecule has 2 aromatic carbocycles. The number of H-pyrrole nitrogens is 1. The number of fused-ring (bicyclic) bond motifs is 3. The van der Waals surface area contributed by atoms with Crippen LogP contribution in [0, 0.1) is 0 Å². The highest BCUT2D eigenvalue weighted by Gasteiger charge is 2.20. The minimum Gasteiger partial charge on any atom is -0.486 e. The number of ether oxygens (including phenoxy) is 2. The van der Waals surface area contributed by atoms with Crippen LogP contribution in [0.15, 0.2) is 53.2 Å². The van der Waals surface area contributed by atoms with Crippen molar-refractivity contribution in [3.63, 3.8) is 0 Å². The molecule has 3 heterocycles. The van der Waals surface area contributed by atoms with Crippen molar-refractivity contribution in [3.8, 4) is 17.3 Å². The second-order valence-corrected chi connectivity index (χ2v) is 8.26. The molecule has 0 saturated heterocycles. The molecule has 33 heavy (non-hydrogen) atoms. The molecule has 3 aromatic heterocycles. The number of aromatic nitrogens is 4. The van der Waals surface area contributed by atoms with Gasteiger partial charge in [-0.2, -0.15) is 4.98 Å². The number of benzene rings is 2. The van der Waals surface area contributed by atoms with Gasteiger partial charge in [-0.1, -0.05) is 35.8 Å². The van der Waals surface area contributed by atoms with E-state index in [0.717, 1.165) is 38.7 Å². The molecular formula is C25H23ClN4O3. The standard InChI is InChI=1S/C25H23ClN4O3/c1-4-22-29-25(33-30-22)24-19(13-31-3)23-18-11-17(8-9-20(18)28-21(23)12-27-24)32-14(2)15-6-5-7-16(26)10-15/h5-12,14,28H,4,13H2,1-3H3. The summed E-state index contributed by atoms with van der Waals surface area (Å²) in [6.45, 7) is 4.33. The van der Waals surface area contributed by atoms with Crippen molar-refractivity contribution in [2.75, 3.05) is 7.11 Å². The van der Waals surface area contributed by atoms with Crippen LogP contribution in [-0.4, -0.2) is 27.2 Å². The summed E-state index contributed by atoms with van der Waals surface area (Å²) in [7, 11) is 1.66. The van der Waals surface area contributed by atoms with Crippen LogP contribution in [0.5, 0.6) is 5.75 Å². The van der Waals surface area contributed by atoms with E-state index in [-0.39, 0.29) is 6.10 Å². The van der Waals surface area contributed by atoms with E-state index in [0.29, 0.717) is 35.5 Å². The number of halogens is 1. The molecule has 0 spiro atoms. The van der Waals surface area contributed by atoms with Crippen LogP contribution in [0.1, 0.15) is 36.9 Å². The Bertz CT molecular complexity index is 1440. The van der Waals surface area contributed by atoms with Crippen molar-refractivity contribution < 1.29 is 14.0 Å². The maximum absolute atomic E-state index is 6.25. The normalized spacial score (nSPS) is 12.5. The van der Waals surface area contributed by atoms with Crippen LogP contribution in [0.3, 0.4) is 0 Å². The van der Waals surface area contributed by atoms with Gasteiger partial charge < -0.3 is 19.0 Å². The third-order valence-corrected chi connectivity index (χ3v) is 5.85. The smallest absolute Gasteiger partial charge is 0.276 e. The first-order valence-corrected chi connectivity index (χ1v) is 11.1. The van der Waals surface area contributed by atoms with Gasteiger partial charge in [0.25, 0.3) is 5.89 Å². The van der Waals surface area contributed by atoms with Crippen molar-refractivity contribution in [2.45, 2.75) is 33.0 Å². The summed E-state index contributed by atoms with van der Waals surface area (Å²) in [4.78, 5) is 12.5. The Hall–Kier alpha value is -3.42. The van der Waals surface area contributed by atoms with Gasteiger partial charge in [-0.15, -0.1) is 0 Å². The summed E-state index contributed by atoms with van der Waals surface area (Å²) in [5.74, 6) is 1.78. The Kier molecular flexibility index (Phi) is 5.74. The molecule has 0 aliphatic carbocycles. The van der Waals surface area contributed by atoms with Gasteiger partial charge in [-0.3, -0.25) is 0 Å². The van der Waals surface area contributed by atoms with Gasteiger partial charge in [-0.05, 0) is 42.8 Å². The van der Waals surface area contributed by atoms with Crippen LogP contribution < -0.4 is 4.74 Å². The number of aromatic amines is 1. The van der Waals surface area contributed by atoms with E-state index >= 15 is 0 Å². The Balaban J connectivity index is 1.61. The highest BCUT2D eigenvalue weighted by Crippen LogP contribution is 2.36. The Morgan fingerprint density at radius 2 is 2.03 bits per heavy atom. The van der Waals surface area contributed by atoms with Crippen molar-refractivity contribution >= 4 is 33.4 Å². The number of hydrogen-bond acceptors (Lipinski definition) is 6. The first-order chi connectivity index (χ1) is 16.1. The molecule has 168 valence electrons. The van der Waals surface area contributed by atoms with Crippen molar-refractivity contribution in [1.82, 2.24) is 20.1 Å². The third kappa shape index (κ3) is 4.05. The van der Waals surface area contributed by atoms with Crippen LogP contribution in [0.25, 0.3) is 33.4 Å². The number of hydrogen-bond donors (Lipinski definition) is 1. The highest BCUT2D eigenvalue weighted by atomic mass is 35.5. The summed E-state index contributed by atoms with van der Waals surface area (Å²) < 4.78 is 17.3. The zero-order valence-corrected chi connectivity index (χ0v) is 19.3. The fourth-order valence-electron chi connectivity index (χ4n) is 4.01. The quantitative estimate of drug-likeness (QED) is 0.307. The summed E-state index contributed by atoms with van der Waals surface area (Å²) in [6, 6.07) is 13.7. The minimum atomic E-state index is -0.159. The topological polar surface area (TPSA) is 86.1 Å². The molecule has 1 unspecified atom stereocenters. The molecule has 0 amide bonds. The molecule has 0 aliphatic rings. The zero-order valence-electron chi connectivity index (χ0n) is 18.6.